The van der Waals surface area contributed by atoms with Crippen molar-refractivity contribution in [1.29, 1.82) is 0 Å². The van der Waals surface area contributed by atoms with Crippen molar-refractivity contribution in [3.63, 3.8) is 0 Å². The molecule has 4 aromatic rings. The van der Waals surface area contributed by atoms with Gasteiger partial charge in [0.15, 0.2) is 4.96 Å². The lowest BCUT2D eigenvalue weighted by Gasteiger charge is -2.27. The maximum absolute atomic E-state index is 13.6. The number of piperidine rings is 1. The van der Waals surface area contributed by atoms with Gasteiger partial charge in [0.1, 0.15) is 5.69 Å². The largest absolute Gasteiger partial charge is 0.414 e. The standard InChI is InChI=1S/C24H23N5O3S2/c1-13-4-3-5-15(8-13)21-20(27-14(2)34-21)22(30)29-12-16-9-17(16)18(29)10-26-24(31)32-19-11-25-23-28(19)6-7-33-23/h3-8,11,16-18H,9-10,12H2,1-2H3,(H,26,31)/t16-,17-,18+/m0/s1. The minimum Gasteiger partial charge on any atom is -0.391 e. The second kappa shape index (κ2) is 8.21. The molecule has 8 nitrogen and oxygen atoms in total. The molecule has 10 heteroatoms. The lowest BCUT2D eigenvalue weighted by molar-refractivity contribution is 0.0700. The van der Waals surface area contributed by atoms with Crippen molar-refractivity contribution < 1.29 is 14.3 Å². The van der Waals surface area contributed by atoms with Gasteiger partial charge in [0, 0.05) is 24.7 Å². The van der Waals surface area contributed by atoms with Gasteiger partial charge in [0.05, 0.1) is 22.1 Å². The number of ether oxygens (including phenoxy) is 1. The van der Waals surface area contributed by atoms with Gasteiger partial charge in [-0.3, -0.25) is 9.20 Å². The van der Waals surface area contributed by atoms with Crippen LogP contribution >= 0.6 is 22.7 Å². The Bertz CT molecular complexity index is 1410. The average Bonchev–Trinajstić information content (AvgIpc) is 3.20. The predicted octanol–water partition coefficient (Wildman–Crippen LogP) is 4.39. The average molecular weight is 494 g/mol. The van der Waals surface area contributed by atoms with Crippen molar-refractivity contribution in [2.45, 2.75) is 26.3 Å². The number of nitrogens with one attached hydrogen (secondary N) is 1. The van der Waals surface area contributed by atoms with Crippen LogP contribution in [0.1, 0.15) is 27.5 Å². The number of rotatable bonds is 5. The van der Waals surface area contributed by atoms with E-state index in [1.165, 1.54) is 17.5 Å². The molecule has 1 aliphatic heterocycles. The normalized spacial score (nSPS) is 21.0. The number of hydrogen-bond donors (Lipinski definition) is 1. The Morgan fingerprint density at radius 1 is 1.29 bits per heavy atom. The van der Waals surface area contributed by atoms with E-state index >= 15 is 0 Å². The number of carbonyl (C=O) groups excluding carboxylic acids is 2. The van der Waals surface area contributed by atoms with Crippen molar-refractivity contribution in [3.05, 3.63) is 58.3 Å². The molecule has 3 aromatic heterocycles. The molecule has 1 saturated carbocycles. The van der Waals surface area contributed by atoms with Crippen LogP contribution in [-0.2, 0) is 0 Å². The fraction of sp³-hybridized carbons (Fsp3) is 0.333. The lowest BCUT2D eigenvalue weighted by atomic mass is 10.1. The smallest absolute Gasteiger partial charge is 0.391 e. The van der Waals surface area contributed by atoms with E-state index in [1.807, 2.05) is 48.5 Å². The van der Waals surface area contributed by atoms with E-state index in [0.29, 0.717) is 36.5 Å². The Labute approximate surface area is 204 Å². The molecule has 3 atom stereocenters. The van der Waals surface area contributed by atoms with Gasteiger partial charge >= 0.3 is 6.09 Å². The van der Waals surface area contributed by atoms with Crippen LogP contribution < -0.4 is 10.1 Å². The first-order valence-corrected chi connectivity index (χ1v) is 12.9. The zero-order chi connectivity index (χ0) is 23.4. The van der Waals surface area contributed by atoms with E-state index in [0.717, 1.165) is 32.4 Å². The lowest BCUT2D eigenvalue weighted by Crippen LogP contribution is -2.46. The van der Waals surface area contributed by atoms with Crippen LogP contribution in [0.3, 0.4) is 0 Å². The summed E-state index contributed by atoms with van der Waals surface area (Å²) in [7, 11) is 0. The second-order valence-corrected chi connectivity index (χ2v) is 11.0. The molecule has 0 radical (unpaired) electrons. The first kappa shape index (κ1) is 21.3. The van der Waals surface area contributed by atoms with E-state index in [9.17, 15) is 9.59 Å². The predicted molar refractivity (Wildman–Crippen MR) is 131 cm³/mol. The number of hydrogen-bond acceptors (Lipinski definition) is 7. The number of fused-ring (bicyclic) bond motifs is 2. The Kier molecular flexibility index (Phi) is 5.14. The van der Waals surface area contributed by atoms with E-state index < -0.39 is 6.09 Å². The number of nitrogens with zero attached hydrogens (tertiary/aromatic N) is 4. The van der Waals surface area contributed by atoms with Gasteiger partial charge in [0.25, 0.3) is 5.91 Å². The van der Waals surface area contributed by atoms with E-state index in [4.69, 9.17) is 4.74 Å². The maximum Gasteiger partial charge on any atom is 0.414 e. The zero-order valence-corrected chi connectivity index (χ0v) is 20.4. The van der Waals surface area contributed by atoms with Crippen LogP contribution in [0, 0.1) is 25.7 Å². The highest BCUT2D eigenvalue weighted by Gasteiger charge is 2.54. The molecular formula is C24H23N5O3S2. The molecule has 1 N–H and O–H groups in total. The van der Waals surface area contributed by atoms with Gasteiger partial charge in [-0.05, 0) is 37.7 Å². The van der Waals surface area contributed by atoms with Crippen molar-refractivity contribution >= 4 is 39.6 Å². The highest BCUT2D eigenvalue weighted by molar-refractivity contribution is 7.15. The summed E-state index contributed by atoms with van der Waals surface area (Å²) >= 11 is 3.01. The van der Waals surface area contributed by atoms with Gasteiger partial charge in [-0.25, -0.2) is 14.8 Å². The van der Waals surface area contributed by atoms with Crippen molar-refractivity contribution in [1.82, 2.24) is 24.6 Å². The third-order valence-corrected chi connectivity index (χ3v) is 8.34. The summed E-state index contributed by atoms with van der Waals surface area (Å²) in [6.07, 6.45) is 3.88. The molecule has 0 bridgehead atoms. The summed E-state index contributed by atoms with van der Waals surface area (Å²) in [6, 6.07) is 8.09. The number of amides is 2. The fourth-order valence-corrected chi connectivity index (χ4v) is 6.45. The molecule has 34 heavy (non-hydrogen) atoms. The number of imidazole rings is 1. The molecule has 0 spiro atoms. The van der Waals surface area contributed by atoms with Gasteiger partial charge in [-0.15, -0.1) is 22.7 Å². The Hall–Kier alpha value is -3.24. The number of likely N-dealkylation sites (tertiary alicyclic amines) is 1. The Morgan fingerprint density at radius 2 is 2.18 bits per heavy atom. The van der Waals surface area contributed by atoms with Crippen LogP contribution in [0.4, 0.5) is 4.79 Å². The molecule has 1 aromatic carbocycles. The summed E-state index contributed by atoms with van der Waals surface area (Å²) in [5.41, 5.74) is 2.65. The first-order chi connectivity index (χ1) is 16.5. The molecule has 174 valence electrons. The topological polar surface area (TPSA) is 88.8 Å². The van der Waals surface area contributed by atoms with Crippen LogP contribution in [0.5, 0.6) is 5.88 Å². The first-order valence-electron chi connectivity index (χ1n) is 11.2. The molecule has 2 aliphatic rings. The van der Waals surface area contributed by atoms with Gasteiger partial charge in [0.2, 0.25) is 5.88 Å². The Balaban J connectivity index is 1.18. The highest BCUT2D eigenvalue weighted by Crippen LogP contribution is 2.50. The third-order valence-electron chi connectivity index (χ3n) is 6.55. The maximum atomic E-state index is 13.6. The zero-order valence-electron chi connectivity index (χ0n) is 18.7. The molecule has 2 amide bonds. The van der Waals surface area contributed by atoms with E-state index in [1.54, 1.807) is 15.7 Å². The number of benzene rings is 1. The van der Waals surface area contributed by atoms with E-state index in [-0.39, 0.29) is 11.9 Å². The summed E-state index contributed by atoms with van der Waals surface area (Å²) in [5, 5.41) is 5.61. The second-order valence-electron chi connectivity index (χ2n) is 8.89. The van der Waals surface area contributed by atoms with Crippen molar-refractivity contribution in [2.24, 2.45) is 11.8 Å². The van der Waals surface area contributed by atoms with Gasteiger partial charge in [-0.1, -0.05) is 29.8 Å². The molecule has 0 unspecified atom stereocenters. The number of carbonyl (C=O) groups is 2. The van der Waals surface area contributed by atoms with Crippen LogP contribution in [-0.4, -0.2) is 50.4 Å². The summed E-state index contributed by atoms with van der Waals surface area (Å²) in [5.74, 6) is 1.21. The number of aromatic nitrogens is 3. The molecule has 2 fully saturated rings. The SMILES string of the molecule is Cc1cccc(-c2sc(C)nc2C(=O)N2C[C@@H]3C[C@@H]3[C@H]2CNC(=O)Oc2cnc3sccn23)c1. The monoisotopic (exact) mass is 493 g/mol. The van der Waals surface area contributed by atoms with Gasteiger partial charge < -0.3 is 15.0 Å². The molecule has 4 heterocycles. The Morgan fingerprint density at radius 3 is 3.03 bits per heavy atom. The quantitative estimate of drug-likeness (QED) is 0.446. The van der Waals surface area contributed by atoms with Crippen LogP contribution in [0.15, 0.2) is 42.0 Å². The summed E-state index contributed by atoms with van der Waals surface area (Å²) in [6.45, 7) is 5.02. The summed E-state index contributed by atoms with van der Waals surface area (Å²) in [4.78, 5) is 38.5. The molecule has 6 rings (SSSR count). The minimum atomic E-state index is -0.547. The number of aryl methyl sites for hydroxylation is 2. The number of thiazole rings is 2. The fourth-order valence-electron chi connectivity index (χ4n) is 4.86. The van der Waals surface area contributed by atoms with Gasteiger partial charge in [-0.2, -0.15) is 0 Å². The van der Waals surface area contributed by atoms with Crippen LogP contribution in [0.2, 0.25) is 0 Å². The molecule has 1 saturated heterocycles. The third kappa shape index (κ3) is 3.76. The highest BCUT2D eigenvalue weighted by atomic mass is 32.1. The van der Waals surface area contributed by atoms with Crippen molar-refractivity contribution in [3.8, 4) is 16.3 Å². The minimum absolute atomic E-state index is 0.0657. The van der Waals surface area contributed by atoms with Crippen molar-refractivity contribution in [2.75, 3.05) is 13.1 Å². The summed E-state index contributed by atoms with van der Waals surface area (Å²) < 4.78 is 7.18. The van der Waals surface area contributed by atoms with E-state index in [2.05, 4.69) is 21.4 Å². The van der Waals surface area contributed by atoms with Crippen LogP contribution in [0.25, 0.3) is 15.4 Å². The molecular weight excluding hydrogens is 470 g/mol. The molecule has 1 aliphatic carbocycles.